The van der Waals surface area contributed by atoms with Crippen LogP contribution < -0.4 is 20.1 Å². The number of carbonyl (C=O) groups is 1. The predicted molar refractivity (Wildman–Crippen MR) is 98.9 cm³/mol. The van der Waals surface area contributed by atoms with Gasteiger partial charge in [0, 0.05) is 6.20 Å². The highest BCUT2D eigenvalue weighted by Crippen LogP contribution is 2.16. The molecule has 2 heterocycles. The molecule has 0 aliphatic heterocycles. The average Bonchev–Trinajstić information content (AvgIpc) is 3.24. The molecule has 8 nitrogen and oxygen atoms in total. The van der Waals surface area contributed by atoms with Crippen molar-refractivity contribution in [2.45, 2.75) is 6.54 Å². The Labute approximate surface area is 156 Å². The predicted octanol–water partition coefficient (Wildman–Crippen LogP) is 2.50. The monoisotopic (exact) mass is 368 g/mol. The molecule has 3 rings (SSSR count). The van der Waals surface area contributed by atoms with Gasteiger partial charge >= 0.3 is 0 Å². The maximum atomic E-state index is 12.2. The van der Waals surface area contributed by atoms with Crippen molar-refractivity contribution in [3.8, 4) is 11.5 Å². The van der Waals surface area contributed by atoms with Gasteiger partial charge in [-0.15, -0.1) is 0 Å². The van der Waals surface area contributed by atoms with Gasteiger partial charge in [-0.1, -0.05) is 0 Å². The van der Waals surface area contributed by atoms with Crippen LogP contribution in [-0.4, -0.2) is 36.1 Å². The molecule has 1 amide bonds. The van der Waals surface area contributed by atoms with E-state index in [0.29, 0.717) is 31.4 Å². The first kappa shape index (κ1) is 18.2. The van der Waals surface area contributed by atoms with Crippen molar-refractivity contribution in [1.29, 1.82) is 0 Å². The van der Waals surface area contributed by atoms with Crippen LogP contribution in [0.5, 0.6) is 11.5 Å². The zero-order valence-corrected chi connectivity index (χ0v) is 14.8. The van der Waals surface area contributed by atoms with E-state index in [-0.39, 0.29) is 11.6 Å². The number of hydrogen-bond donors (Lipinski definition) is 2. The van der Waals surface area contributed by atoms with Gasteiger partial charge in [-0.25, -0.2) is 9.97 Å². The molecule has 0 bridgehead atoms. The third-order valence-electron chi connectivity index (χ3n) is 3.60. The van der Waals surface area contributed by atoms with Gasteiger partial charge in [0.05, 0.1) is 26.5 Å². The lowest BCUT2D eigenvalue weighted by atomic mass is 10.3. The van der Waals surface area contributed by atoms with Crippen molar-refractivity contribution in [2.24, 2.45) is 0 Å². The summed E-state index contributed by atoms with van der Waals surface area (Å²) in [5.41, 5.74) is 0.274. The minimum Gasteiger partial charge on any atom is -0.497 e. The highest BCUT2D eigenvalue weighted by Gasteiger charge is 2.08. The van der Waals surface area contributed by atoms with Gasteiger partial charge in [0.2, 0.25) is 5.95 Å². The molecule has 3 aromatic rings. The molecule has 0 spiro atoms. The summed E-state index contributed by atoms with van der Waals surface area (Å²) in [7, 11) is 1.61. The molecular formula is C19H20N4O4. The van der Waals surface area contributed by atoms with Crippen LogP contribution in [-0.2, 0) is 6.54 Å². The Kier molecular flexibility index (Phi) is 6.24. The first-order valence-electron chi connectivity index (χ1n) is 8.39. The summed E-state index contributed by atoms with van der Waals surface area (Å²) in [4.78, 5) is 20.5. The van der Waals surface area contributed by atoms with E-state index in [9.17, 15) is 4.79 Å². The Balaban J connectivity index is 1.43. The number of ether oxygens (including phenoxy) is 2. The second kappa shape index (κ2) is 9.23. The van der Waals surface area contributed by atoms with E-state index in [1.54, 1.807) is 25.5 Å². The van der Waals surface area contributed by atoms with Crippen LogP contribution in [0.15, 0.2) is 59.3 Å². The summed E-state index contributed by atoms with van der Waals surface area (Å²) in [5, 5.41) is 5.77. The Morgan fingerprint density at radius 1 is 1.15 bits per heavy atom. The minimum absolute atomic E-state index is 0.274. The molecule has 2 N–H and O–H groups in total. The second-order valence-corrected chi connectivity index (χ2v) is 5.48. The maximum Gasteiger partial charge on any atom is 0.270 e. The molecule has 0 aliphatic carbocycles. The van der Waals surface area contributed by atoms with Crippen LogP contribution in [0.1, 0.15) is 16.2 Å². The summed E-state index contributed by atoms with van der Waals surface area (Å²) >= 11 is 0. The Morgan fingerprint density at radius 3 is 2.70 bits per heavy atom. The number of methoxy groups -OCH3 is 1. The Bertz CT molecular complexity index is 850. The number of nitrogens with zero attached hydrogens (tertiary/aromatic N) is 2. The third kappa shape index (κ3) is 5.46. The van der Waals surface area contributed by atoms with Crippen molar-refractivity contribution in [3.63, 3.8) is 0 Å². The Hall–Kier alpha value is -3.55. The lowest BCUT2D eigenvalue weighted by Gasteiger charge is -2.09. The topological polar surface area (TPSA) is 98.5 Å². The maximum absolute atomic E-state index is 12.2. The smallest absolute Gasteiger partial charge is 0.270 e. The van der Waals surface area contributed by atoms with Crippen LogP contribution in [0, 0.1) is 0 Å². The lowest BCUT2D eigenvalue weighted by Crippen LogP contribution is -2.29. The number of nitrogens with one attached hydrogen (secondary N) is 2. The summed E-state index contributed by atoms with van der Waals surface area (Å²) in [6.45, 7) is 1.13. The van der Waals surface area contributed by atoms with Crippen LogP contribution in [0.3, 0.4) is 0 Å². The van der Waals surface area contributed by atoms with Gasteiger partial charge in [-0.3, -0.25) is 4.79 Å². The largest absolute Gasteiger partial charge is 0.497 e. The standard InChI is InChI=1S/C19H20N4O4/c1-25-14-4-6-15(7-5-14)27-12-10-20-18(24)17-8-9-21-19(23-17)22-13-16-3-2-11-26-16/h2-9,11H,10,12-13H2,1H3,(H,20,24)(H,21,22,23). The number of rotatable bonds is 9. The third-order valence-corrected chi connectivity index (χ3v) is 3.60. The number of furan rings is 1. The lowest BCUT2D eigenvalue weighted by molar-refractivity contribution is 0.0942. The Morgan fingerprint density at radius 2 is 1.96 bits per heavy atom. The first-order valence-corrected chi connectivity index (χ1v) is 8.39. The summed E-state index contributed by atoms with van der Waals surface area (Å²) in [6.07, 6.45) is 3.12. The first-order chi connectivity index (χ1) is 13.2. The number of aromatic nitrogens is 2. The van der Waals surface area contributed by atoms with E-state index in [0.717, 1.165) is 11.5 Å². The second-order valence-electron chi connectivity index (χ2n) is 5.48. The van der Waals surface area contributed by atoms with Gasteiger partial charge in [0.1, 0.15) is 29.6 Å². The fourth-order valence-electron chi connectivity index (χ4n) is 2.25. The molecule has 0 saturated carbocycles. The van der Waals surface area contributed by atoms with Crippen molar-refractivity contribution in [1.82, 2.24) is 15.3 Å². The fourth-order valence-corrected chi connectivity index (χ4v) is 2.25. The van der Waals surface area contributed by atoms with E-state index in [1.807, 2.05) is 30.3 Å². The van der Waals surface area contributed by atoms with E-state index in [4.69, 9.17) is 13.9 Å². The number of hydrogen-bond acceptors (Lipinski definition) is 7. The highest BCUT2D eigenvalue weighted by atomic mass is 16.5. The zero-order valence-electron chi connectivity index (χ0n) is 14.8. The SMILES string of the molecule is COc1ccc(OCCNC(=O)c2ccnc(NCc3ccco3)n2)cc1. The molecular weight excluding hydrogens is 348 g/mol. The van der Waals surface area contributed by atoms with E-state index in [2.05, 4.69) is 20.6 Å². The van der Waals surface area contributed by atoms with Crippen molar-refractivity contribution in [3.05, 3.63) is 66.4 Å². The molecule has 0 atom stereocenters. The molecule has 0 aliphatic rings. The fraction of sp³-hybridized carbons (Fsp3) is 0.211. The van der Waals surface area contributed by atoms with Crippen molar-refractivity contribution < 1.29 is 18.7 Å². The van der Waals surface area contributed by atoms with Gasteiger partial charge in [0.15, 0.2) is 0 Å². The molecule has 27 heavy (non-hydrogen) atoms. The van der Waals surface area contributed by atoms with Crippen LogP contribution in [0.25, 0.3) is 0 Å². The molecule has 0 saturated heterocycles. The highest BCUT2D eigenvalue weighted by molar-refractivity contribution is 5.92. The van der Waals surface area contributed by atoms with E-state index >= 15 is 0 Å². The summed E-state index contributed by atoms with van der Waals surface area (Å²) in [5.74, 6) is 2.28. The van der Waals surface area contributed by atoms with Crippen LogP contribution in [0.2, 0.25) is 0 Å². The van der Waals surface area contributed by atoms with Crippen LogP contribution in [0.4, 0.5) is 5.95 Å². The number of carbonyl (C=O) groups excluding carboxylic acids is 1. The number of amides is 1. The molecule has 0 radical (unpaired) electrons. The molecule has 8 heteroatoms. The normalized spacial score (nSPS) is 10.3. The molecule has 1 aromatic carbocycles. The quantitative estimate of drug-likeness (QED) is 0.560. The summed E-state index contributed by atoms with van der Waals surface area (Å²) in [6, 6.07) is 12.4. The molecule has 2 aromatic heterocycles. The molecule has 140 valence electrons. The van der Waals surface area contributed by atoms with Gasteiger partial charge in [-0.05, 0) is 42.5 Å². The van der Waals surface area contributed by atoms with E-state index < -0.39 is 0 Å². The van der Waals surface area contributed by atoms with E-state index in [1.165, 1.54) is 6.20 Å². The minimum atomic E-state index is -0.295. The summed E-state index contributed by atoms with van der Waals surface area (Å²) < 4.78 is 15.9. The average molecular weight is 368 g/mol. The molecule has 0 fully saturated rings. The van der Waals surface area contributed by atoms with Gasteiger partial charge in [-0.2, -0.15) is 0 Å². The van der Waals surface area contributed by atoms with Gasteiger partial charge < -0.3 is 24.5 Å². The van der Waals surface area contributed by atoms with Crippen molar-refractivity contribution >= 4 is 11.9 Å². The zero-order chi connectivity index (χ0) is 18.9. The van der Waals surface area contributed by atoms with Gasteiger partial charge in [0.25, 0.3) is 5.91 Å². The number of benzene rings is 1. The molecule has 0 unspecified atom stereocenters. The van der Waals surface area contributed by atoms with Crippen LogP contribution >= 0.6 is 0 Å². The number of anilines is 1. The van der Waals surface area contributed by atoms with Crippen molar-refractivity contribution in [2.75, 3.05) is 25.6 Å².